The van der Waals surface area contributed by atoms with Crippen LogP contribution >= 0.6 is 0 Å². The smallest absolute Gasteiger partial charge is 0.272 e. The van der Waals surface area contributed by atoms with Gasteiger partial charge in [-0.15, -0.1) is 0 Å². The van der Waals surface area contributed by atoms with Gasteiger partial charge in [-0.05, 0) is 34.5 Å². The Labute approximate surface area is 150 Å². The second-order valence-electron chi connectivity index (χ2n) is 6.29. The highest BCUT2D eigenvalue weighted by molar-refractivity contribution is 5.93. The molecule has 0 bridgehead atoms. The molecule has 1 aliphatic heterocycles. The average Bonchev–Trinajstić information content (AvgIpc) is 3.13. The summed E-state index contributed by atoms with van der Waals surface area (Å²) in [5.74, 6) is 1.02. The molecule has 7 nitrogen and oxygen atoms in total. The molecular formula is C19H20N4O3. The van der Waals surface area contributed by atoms with Crippen molar-refractivity contribution in [2.75, 3.05) is 32.5 Å². The van der Waals surface area contributed by atoms with Gasteiger partial charge in [0.05, 0.1) is 20.3 Å². The van der Waals surface area contributed by atoms with Crippen LogP contribution in [0, 0.1) is 0 Å². The van der Waals surface area contributed by atoms with Crippen LogP contribution in [0.25, 0.3) is 10.8 Å². The third kappa shape index (κ3) is 3.09. The van der Waals surface area contributed by atoms with Crippen LogP contribution in [0.15, 0.2) is 42.5 Å². The highest BCUT2D eigenvalue weighted by Gasteiger charge is 2.27. The van der Waals surface area contributed by atoms with Gasteiger partial charge in [0.2, 0.25) is 0 Å². The van der Waals surface area contributed by atoms with Crippen LogP contribution in [0.3, 0.4) is 0 Å². The van der Waals surface area contributed by atoms with Crippen molar-refractivity contribution in [3.05, 3.63) is 53.7 Å². The van der Waals surface area contributed by atoms with Crippen LogP contribution in [0.4, 0.5) is 5.82 Å². The van der Waals surface area contributed by atoms with Crippen LogP contribution in [0.1, 0.15) is 22.2 Å². The molecular weight excluding hydrogens is 332 g/mol. The molecule has 0 saturated carbocycles. The minimum Gasteiger partial charge on any atom is -0.497 e. The van der Waals surface area contributed by atoms with E-state index in [2.05, 4.69) is 16.3 Å². The Balaban J connectivity index is 1.55. The summed E-state index contributed by atoms with van der Waals surface area (Å²) < 4.78 is 11.2. The first-order valence-electron chi connectivity index (χ1n) is 8.43. The third-order valence-electron chi connectivity index (χ3n) is 4.62. The molecule has 0 spiro atoms. The zero-order valence-corrected chi connectivity index (χ0v) is 14.4. The summed E-state index contributed by atoms with van der Waals surface area (Å²) in [6, 6.07) is 13.7. The van der Waals surface area contributed by atoms with Gasteiger partial charge >= 0.3 is 0 Å². The number of morpholine rings is 1. The molecule has 134 valence electrons. The molecule has 3 aromatic rings. The molecule has 1 amide bonds. The van der Waals surface area contributed by atoms with Gasteiger partial charge in [0, 0.05) is 12.6 Å². The third-order valence-corrected chi connectivity index (χ3v) is 4.62. The molecule has 2 aromatic carbocycles. The standard InChI is InChI=1S/C19H20N4O3/c1-25-15-5-4-12-8-14(3-2-13(12)9-15)17-11-23(6-7-26-17)19(24)16-10-18(20)22-21-16/h2-5,8-10,17H,6-7,11H2,1H3,(H3,20,21,22)/t17-/m0/s1. The summed E-state index contributed by atoms with van der Waals surface area (Å²) in [7, 11) is 1.66. The molecule has 1 aromatic heterocycles. The molecule has 3 N–H and O–H groups in total. The van der Waals surface area contributed by atoms with Gasteiger partial charge in [0.1, 0.15) is 23.4 Å². The molecule has 4 rings (SSSR count). The lowest BCUT2D eigenvalue weighted by Gasteiger charge is -2.33. The number of fused-ring (bicyclic) bond motifs is 1. The number of methoxy groups -OCH3 is 1. The quantitative estimate of drug-likeness (QED) is 0.755. The predicted molar refractivity (Wildman–Crippen MR) is 98.1 cm³/mol. The number of H-pyrrole nitrogens is 1. The number of nitrogens with two attached hydrogens (primary N) is 1. The summed E-state index contributed by atoms with van der Waals surface area (Å²) in [5, 5.41) is 8.70. The maximum absolute atomic E-state index is 12.6. The van der Waals surface area contributed by atoms with Crippen molar-refractivity contribution in [3.63, 3.8) is 0 Å². The number of amides is 1. The Kier molecular flexibility index (Phi) is 4.22. The first-order chi connectivity index (χ1) is 12.6. The Hall–Kier alpha value is -3.06. The number of carbonyl (C=O) groups excluding carboxylic acids is 1. The van der Waals surface area contributed by atoms with Crippen LogP contribution in [-0.4, -0.2) is 47.8 Å². The number of nitrogens with zero attached hydrogens (tertiary/aromatic N) is 2. The summed E-state index contributed by atoms with van der Waals surface area (Å²) in [5.41, 5.74) is 7.03. The van der Waals surface area contributed by atoms with Crippen molar-refractivity contribution in [1.29, 1.82) is 0 Å². The summed E-state index contributed by atoms with van der Waals surface area (Å²) in [6.45, 7) is 1.51. The van der Waals surface area contributed by atoms with E-state index in [1.165, 1.54) is 0 Å². The van der Waals surface area contributed by atoms with Crippen LogP contribution in [0.2, 0.25) is 0 Å². The summed E-state index contributed by atoms with van der Waals surface area (Å²) >= 11 is 0. The second kappa shape index (κ2) is 6.68. The normalized spacial score (nSPS) is 17.4. The van der Waals surface area contributed by atoms with E-state index in [4.69, 9.17) is 15.2 Å². The van der Waals surface area contributed by atoms with Crippen molar-refractivity contribution < 1.29 is 14.3 Å². The molecule has 1 aliphatic rings. The minimum atomic E-state index is -0.167. The van der Waals surface area contributed by atoms with Gasteiger partial charge in [-0.1, -0.05) is 18.2 Å². The molecule has 0 unspecified atom stereocenters. The van der Waals surface area contributed by atoms with Gasteiger partial charge in [0.25, 0.3) is 5.91 Å². The topological polar surface area (TPSA) is 93.5 Å². The van der Waals surface area contributed by atoms with Crippen molar-refractivity contribution >= 4 is 22.5 Å². The maximum atomic E-state index is 12.6. The fraction of sp³-hybridized carbons (Fsp3) is 0.263. The monoisotopic (exact) mass is 352 g/mol. The van der Waals surface area contributed by atoms with Crippen LogP contribution < -0.4 is 10.5 Å². The van der Waals surface area contributed by atoms with E-state index in [-0.39, 0.29) is 12.0 Å². The van der Waals surface area contributed by atoms with E-state index >= 15 is 0 Å². The fourth-order valence-corrected chi connectivity index (χ4v) is 3.22. The zero-order valence-electron chi connectivity index (χ0n) is 14.4. The maximum Gasteiger partial charge on any atom is 0.272 e. The largest absolute Gasteiger partial charge is 0.497 e. The van der Waals surface area contributed by atoms with Gasteiger partial charge in [-0.25, -0.2) is 0 Å². The Morgan fingerprint density at radius 1 is 1.27 bits per heavy atom. The van der Waals surface area contributed by atoms with E-state index < -0.39 is 0 Å². The SMILES string of the molecule is COc1ccc2cc([C@@H]3CN(C(=O)c4cc(N)n[nH]4)CCO3)ccc2c1. The lowest BCUT2D eigenvalue weighted by atomic mass is 10.0. The molecule has 1 atom stereocenters. The van der Waals surface area contributed by atoms with Crippen molar-refractivity contribution in [2.24, 2.45) is 0 Å². The van der Waals surface area contributed by atoms with E-state index in [1.54, 1.807) is 18.1 Å². The number of nitrogen functional groups attached to an aromatic ring is 1. The molecule has 1 fully saturated rings. The number of ether oxygens (including phenoxy) is 2. The molecule has 7 heteroatoms. The van der Waals surface area contributed by atoms with Crippen molar-refractivity contribution in [2.45, 2.75) is 6.10 Å². The van der Waals surface area contributed by atoms with Gasteiger partial charge in [-0.2, -0.15) is 5.10 Å². The van der Waals surface area contributed by atoms with E-state index in [1.807, 2.05) is 30.3 Å². The second-order valence-corrected chi connectivity index (χ2v) is 6.29. The molecule has 26 heavy (non-hydrogen) atoms. The fourth-order valence-electron chi connectivity index (χ4n) is 3.22. The molecule has 2 heterocycles. The van der Waals surface area contributed by atoms with E-state index in [0.717, 1.165) is 22.1 Å². The first kappa shape index (κ1) is 16.4. The lowest BCUT2D eigenvalue weighted by molar-refractivity contribution is -0.0229. The number of aromatic nitrogens is 2. The minimum absolute atomic E-state index is 0.118. The zero-order chi connectivity index (χ0) is 18.1. The number of carbonyl (C=O) groups is 1. The number of benzene rings is 2. The molecule has 0 aliphatic carbocycles. The Bertz CT molecular complexity index is 953. The number of aromatic amines is 1. The number of hydrogen-bond donors (Lipinski definition) is 2. The first-order valence-corrected chi connectivity index (χ1v) is 8.43. The summed E-state index contributed by atoms with van der Waals surface area (Å²) in [6.07, 6.45) is -0.167. The highest BCUT2D eigenvalue weighted by atomic mass is 16.5. The Morgan fingerprint density at radius 3 is 2.85 bits per heavy atom. The molecule has 1 saturated heterocycles. The number of rotatable bonds is 3. The number of nitrogens with one attached hydrogen (secondary N) is 1. The van der Waals surface area contributed by atoms with Gasteiger partial charge in [-0.3, -0.25) is 9.89 Å². The van der Waals surface area contributed by atoms with Crippen LogP contribution in [0.5, 0.6) is 5.75 Å². The van der Waals surface area contributed by atoms with Crippen molar-refractivity contribution in [1.82, 2.24) is 15.1 Å². The van der Waals surface area contributed by atoms with Gasteiger partial charge < -0.3 is 20.1 Å². The van der Waals surface area contributed by atoms with Crippen molar-refractivity contribution in [3.8, 4) is 5.75 Å². The number of anilines is 1. The van der Waals surface area contributed by atoms with Crippen LogP contribution in [-0.2, 0) is 4.74 Å². The predicted octanol–water partition coefficient (Wildman–Crippen LogP) is 2.37. The molecule has 0 radical (unpaired) electrons. The Morgan fingerprint density at radius 2 is 2.08 bits per heavy atom. The summed E-state index contributed by atoms with van der Waals surface area (Å²) in [4.78, 5) is 14.4. The van der Waals surface area contributed by atoms with Gasteiger partial charge in [0.15, 0.2) is 0 Å². The number of hydrogen-bond acceptors (Lipinski definition) is 5. The average molecular weight is 352 g/mol. The highest BCUT2D eigenvalue weighted by Crippen LogP contribution is 2.28. The van der Waals surface area contributed by atoms with E-state index in [0.29, 0.717) is 31.2 Å². The van der Waals surface area contributed by atoms with E-state index in [9.17, 15) is 4.79 Å². The lowest BCUT2D eigenvalue weighted by Crippen LogP contribution is -2.42.